The first-order valence-corrected chi connectivity index (χ1v) is 9.16. The normalized spacial score (nSPS) is 27.5. The van der Waals surface area contributed by atoms with Crippen molar-refractivity contribution in [2.24, 2.45) is 11.8 Å². The third kappa shape index (κ3) is 2.52. The largest absolute Gasteiger partial charge is 0.446 e. The highest BCUT2D eigenvalue weighted by molar-refractivity contribution is 5.97. The molecule has 2 amide bonds. The zero-order valence-corrected chi connectivity index (χ0v) is 15.1. The Balaban J connectivity index is 1.64. The van der Waals surface area contributed by atoms with Crippen molar-refractivity contribution in [2.45, 2.75) is 31.7 Å². The Morgan fingerprint density at radius 3 is 2.31 bits per heavy atom. The number of carbonyl (C=O) groups is 2. The molecule has 1 aliphatic carbocycles. The molecule has 2 fully saturated rings. The smallest absolute Gasteiger partial charge is 0.417 e. The van der Waals surface area contributed by atoms with Gasteiger partial charge in [-0.25, -0.2) is 9.69 Å². The second-order valence-electron chi connectivity index (χ2n) is 7.53. The lowest BCUT2D eigenvalue weighted by atomic mass is 9.82. The van der Waals surface area contributed by atoms with E-state index in [2.05, 4.69) is 26.0 Å². The van der Waals surface area contributed by atoms with Crippen LogP contribution in [0.25, 0.3) is 0 Å². The van der Waals surface area contributed by atoms with E-state index in [0.717, 1.165) is 12.0 Å². The van der Waals surface area contributed by atoms with E-state index < -0.39 is 6.09 Å². The molecule has 134 valence electrons. The second kappa shape index (κ2) is 6.27. The standard InChI is InChI=1S/C22H23NO3/c1-15(2)22(17-11-7-4-8-12-17)13-18(22)20(24)23-19(14-26-21(23)25)16-9-5-3-6-10-16/h3-12,15,18-19H,13-14H2,1-2H3/t18?,19-,22+/m1/s1. The van der Waals surface area contributed by atoms with E-state index in [1.165, 1.54) is 10.5 Å². The molecule has 0 bridgehead atoms. The van der Waals surface area contributed by atoms with Crippen molar-refractivity contribution in [2.75, 3.05) is 6.61 Å². The first-order valence-electron chi connectivity index (χ1n) is 9.16. The molecule has 0 spiro atoms. The van der Waals surface area contributed by atoms with E-state index in [9.17, 15) is 9.59 Å². The average molecular weight is 349 g/mol. The zero-order valence-electron chi connectivity index (χ0n) is 15.1. The summed E-state index contributed by atoms with van der Waals surface area (Å²) in [6.07, 6.45) is 0.250. The van der Waals surface area contributed by atoms with E-state index >= 15 is 0 Å². The van der Waals surface area contributed by atoms with Crippen molar-refractivity contribution in [3.63, 3.8) is 0 Å². The van der Waals surface area contributed by atoms with Crippen molar-refractivity contribution in [1.29, 1.82) is 0 Å². The molecule has 1 saturated carbocycles. The molecular weight excluding hydrogens is 326 g/mol. The Morgan fingerprint density at radius 2 is 1.69 bits per heavy atom. The van der Waals surface area contributed by atoms with Crippen molar-refractivity contribution in [3.05, 3.63) is 71.8 Å². The Hall–Kier alpha value is -2.62. The summed E-state index contributed by atoms with van der Waals surface area (Å²) in [5.74, 6) is 0.0216. The number of imide groups is 1. The molecule has 0 radical (unpaired) electrons. The van der Waals surface area contributed by atoms with E-state index in [1.807, 2.05) is 48.5 Å². The fourth-order valence-corrected chi connectivity index (χ4v) is 4.38. The van der Waals surface area contributed by atoms with Crippen LogP contribution in [0, 0.1) is 11.8 Å². The highest BCUT2D eigenvalue weighted by Gasteiger charge is 2.63. The zero-order chi connectivity index (χ0) is 18.3. The minimum absolute atomic E-state index is 0.112. The van der Waals surface area contributed by atoms with Crippen LogP contribution in [0.2, 0.25) is 0 Å². The Kier molecular flexibility index (Phi) is 4.06. The molecule has 4 rings (SSSR count). The van der Waals surface area contributed by atoms with Crippen molar-refractivity contribution in [1.82, 2.24) is 4.90 Å². The fourth-order valence-electron chi connectivity index (χ4n) is 4.38. The molecule has 0 aromatic heterocycles. The third-order valence-electron chi connectivity index (χ3n) is 5.94. The first-order chi connectivity index (χ1) is 12.6. The maximum atomic E-state index is 13.3. The Labute approximate surface area is 153 Å². The van der Waals surface area contributed by atoms with E-state index in [4.69, 9.17) is 4.74 Å². The van der Waals surface area contributed by atoms with Gasteiger partial charge < -0.3 is 4.74 Å². The monoisotopic (exact) mass is 349 g/mol. The lowest BCUT2D eigenvalue weighted by Crippen LogP contribution is -2.37. The average Bonchev–Trinajstić information content (AvgIpc) is 3.33. The number of hydrogen-bond acceptors (Lipinski definition) is 3. The summed E-state index contributed by atoms with van der Waals surface area (Å²) in [4.78, 5) is 27.0. The summed E-state index contributed by atoms with van der Waals surface area (Å²) in [5, 5.41) is 0. The van der Waals surface area contributed by atoms with E-state index in [0.29, 0.717) is 5.92 Å². The van der Waals surface area contributed by atoms with Crippen molar-refractivity contribution in [3.8, 4) is 0 Å². The number of nitrogens with zero attached hydrogens (tertiary/aromatic N) is 1. The molecule has 1 saturated heterocycles. The number of ether oxygens (including phenoxy) is 1. The molecule has 3 atom stereocenters. The quantitative estimate of drug-likeness (QED) is 0.826. The minimum atomic E-state index is -0.526. The van der Waals surface area contributed by atoms with Crippen molar-refractivity contribution >= 4 is 12.0 Å². The van der Waals surface area contributed by atoms with Gasteiger partial charge >= 0.3 is 6.09 Å². The molecule has 0 N–H and O–H groups in total. The van der Waals surface area contributed by atoms with Crippen molar-refractivity contribution < 1.29 is 14.3 Å². The van der Waals surface area contributed by atoms with Crippen LogP contribution in [0.3, 0.4) is 0 Å². The van der Waals surface area contributed by atoms with Gasteiger partial charge in [-0.15, -0.1) is 0 Å². The van der Waals surface area contributed by atoms with Crippen LogP contribution in [0.15, 0.2) is 60.7 Å². The third-order valence-corrected chi connectivity index (χ3v) is 5.94. The minimum Gasteiger partial charge on any atom is -0.446 e. The fraction of sp³-hybridized carbons (Fsp3) is 0.364. The summed E-state index contributed by atoms with van der Waals surface area (Å²) >= 11 is 0. The van der Waals surface area contributed by atoms with Crippen LogP contribution in [-0.2, 0) is 14.9 Å². The summed E-state index contributed by atoms with van der Waals surface area (Å²) in [7, 11) is 0. The van der Waals surface area contributed by atoms with Gasteiger partial charge in [0, 0.05) is 11.3 Å². The van der Waals surface area contributed by atoms with E-state index in [1.54, 1.807) is 0 Å². The highest BCUT2D eigenvalue weighted by atomic mass is 16.6. The number of rotatable bonds is 4. The maximum absolute atomic E-state index is 13.3. The van der Waals surface area contributed by atoms with Gasteiger partial charge in [-0.3, -0.25) is 4.79 Å². The van der Waals surface area contributed by atoms with Gasteiger partial charge in [0.25, 0.3) is 0 Å². The van der Waals surface area contributed by atoms with Gasteiger partial charge in [0.15, 0.2) is 0 Å². The van der Waals surface area contributed by atoms with Gasteiger partial charge in [0.1, 0.15) is 12.6 Å². The molecule has 4 heteroatoms. The topological polar surface area (TPSA) is 46.6 Å². The molecule has 1 unspecified atom stereocenters. The highest BCUT2D eigenvalue weighted by Crippen LogP contribution is 2.60. The molecule has 1 heterocycles. The van der Waals surface area contributed by atoms with Gasteiger partial charge in [-0.1, -0.05) is 74.5 Å². The van der Waals surface area contributed by atoms with Crippen LogP contribution in [0.5, 0.6) is 0 Å². The van der Waals surface area contributed by atoms with Gasteiger partial charge in [0.2, 0.25) is 5.91 Å². The van der Waals surface area contributed by atoms with Crippen LogP contribution in [0.1, 0.15) is 37.4 Å². The lowest BCUT2D eigenvalue weighted by molar-refractivity contribution is -0.131. The van der Waals surface area contributed by atoms with Gasteiger partial charge in [0.05, 0.1) is 0 Å². The first kappa shape index (κ1) is 16.8. The summed E-state index contributed by atoms with van der Waals surface area (Å²) in [5.41, 5.74) is 1.92. The maximum Gasteiger partial charge on any atom is 0.417 e. The Morgan fingerprint density at radius 1 is 1.08 bits per heavy atom. The molecular formula is C22H23NO3. The Bertz CT molecular complexity index is 818. The second-order valence-corrected chi connectivity index (χ2v) is 7.53. The predicted molar refractivity (Wildman–Crippen MR) is 98.4 cm³/mol. The van der Waals surface area contributed by atoms with Crippen LogP contribution < -0.4 is 0 Å². The number of hydrogen-bond donors (Lipinski definition) is 0. The SMILES string of the molecule is CC(C)[C@]1(c2ccccc2)CC1C(=O)N1C(=O)OC[C@@H]1c1ccccc1. The number of benzene rings is 2. The van der Waals surface area contributed by atoms with Gasteiger partial charge in [-0.05, 0) is 23.5 Å². The molecule has 2 aromatic rings. The number of carbonyl (C=O) groups excluding carboxylic acids is 2. The molecule has 4 nitrogen and oxygen atoms in total. The number of amides is 2. The summed E-state index contributed by atoms with van der Waals surface area (Å²) in [6.45, 7) is 4.52. The van der Waals surface area contributed by atoms with Crippen LogP contribution >= 0.6 is 0 Å². The molecule has 26 heavy (non-hydrogen) atoms. The summed E-state index contributed by atoms with van der Waals surface area (Å²) < 4.78 is 5.23. The van der Waals surface area contributed by atoms with E-state index in [-0.39, 0.29) is 29.9 Å². The lowest BCUT2D eigenvalue weighted by Gasteiger charge is -2.25. The van der Waals surface area contributed by atoms with Crippen LogP contribution in [-0.4, -0.2) is 23.5 Å². The molecule has 2 aliphatic rings. The molecule has 2 aromatic carbocycles. The number of cyclic esters (lactones) is 1. The van der Waals surface area contributed by atoms with Crippen LogP contribution in [0.4, 0.5) is 4.79 Å². The van der Waals surface area contributed by atoms with Gasteiger partial charge in [-0.2, -0.15) is 0 Å². The molecule has 1 aliphatic heterocycles. The summed E-state index contributed by atoms with van der Waals surface area (Å²) in [6, 6.07) is 19.5. The predicted octanol–water partition coefficient (Wildman–Crippen LogP) is 4.32.